The Labute approximate surface area is 101 Å². The molecular formula is C12H20N2O3. The molecule has 0 aliphatic carbocycles. The number of likely N-dealkylation sites (N-methyl/N-ethyl adjacent to an activating group) is 1. The van der Waals surface area contributed by atoms with Gasteiger partial charge in [0.15, 0.2) is 0 Å². The van der Waals surface area contributed by atoms with Gasteiger partial charge < -0.3 is 10.0 Å². The van der Waals surface area contributed by atoms with Crippen molar-refractivity contribution >= 4 is 11.9 Å². The quantitative estimate of drug-likeness (QED) is 0.773. The predicted molar refractivity (Wildman–Crippen MR) is 62.6 cm³/mol. The Bertz CT molecular complexity index is 319. The van der Waals surface area contributed by atoms with Crippen molar-refractivity contribution in [2.24, 2.45) is 5.92 Å². The minimum absolute atomic E-state index is 0.0508. The zero-order valence-corrected chi connectivity index (χ0v) is 10.3. The molecule has 0 aromatic carbocycles. The van der Waals surface area contributed by atoms with Crippen molar-refractivity contribution in [3.05, 3.63) is 0 Å². The summed E-state index contributed by atoms with van der Waals surface area (Å²) in [7, 11) is 1.85. The fourth-order valence-electron chi connectivity index (χ4n) is 2.85. The van der Waals surface area contributed by atoms with E-state index in [1.807, 2.05) is 7.05 Å². The third-order valence-corrected chi connectivity index (χ3v) is 3.92. The van der Waals surface area contributed by atoms with Crippen LogP contribution in [-0.2, 0) is 9.59 Å². The first kappa shape index (κ1) is 12.4. The van der Waals surface area contributed by atoms with Crippen molar-refractivity contribution in [3.63, 3.8) is 0 Å². The van der Waals surface area contributed by atoms with Crippen molar-refractivity contribution in [1.82, 2.24) is 9.80 Å². The molecule has 2 aliphatic rings. The van der Waals surface area contributed by atoms with E-state index in [0.717, 1.165) is 38.9 Å². The summed E-state index contributed by atoms with van der Waals surface area (Å²) in [6.45, 7) is 2.67. The van der Waals surface area contributed by atoms with Crippen molar-refractivity contribution < 1.29 is 14.7 Å². The van der Waals surface area contributed by atoms with Gasteiger partial charge in [-0.25, -0.2) is 0 Å². The first-order chi connectivity index (χ1) is 8.08. The average Bonchev–Trinajstić information content (AvgIpc) is 2.85. The van der Waals surface area contributed by atoms with E-state index in [2.05, 4.69) is 4.90 Å². The van der Waals surface area contributed by atoms with Gasteiger partial charge in [0.25, 0.3) is 0 Å². The number of hydrogen-bond acceptors (Lipinski definition) is 3. The summed E-state index contributed by atoms with van der Waals surface area (Å²) in [6.07, 6.45) is 2.93. The number of amides is 1. The van der Waals surface area contributed by atoms with Crippen LogP contribution in [0.4, 0.5) is 0 Å². The van der Waals surface area contributed by atoms with Gasteiger partial charge in [-0.3, -0.25) is 14.5 Å². The molecule has 0 radical (unpaired) electrons. The summed E-state index contributed by atoms with van der Waals surface area (Å²) in [5.74, 6) is -0.0474. The molecule has 2 unspecified atom stereocenters. The Hall–Kier alpha value is -1.10. The molecule has 96 valence electrons. The fraction of sp³-hybridized carbons (Fsp3) is 0.833. The monoisotopic (exact) mass is 240 g/mol. The third kappa shape index (κ3) is 2.77. The van der Waals surface area contributed by atoms with Crippen LogP contribution in [-0.4, -0.2) is 59.5 Å². The molecule has 2 heterocycles. The Morgan fingerprint density at radius 1 is 1.41 bits per heavy atom. The van der Waals surface area contributed by atoms with Crippen molar-refractivity contribution in [3.8, 4) is 0 Å². The SMILES string of the molecule is CN1CCC(N2CCC(CCC(=O)O)C2)C1=O. The van der Waals surface area contributed by atoms with Gasteiger partial charge in [0.2, 0.25) is 5.91 Å². The zero-order valence-electron chi connectivity index (χ0n) is 10.3. The van der Waals surface area contributed by atoms with Gasteiger partial charge in [0.05, 0.1) is 6.04 Å². The lowest BCUT2D eigenvalue weighted by molar-refractivity contribution is -0.137. The van der Waals surface area contributed by atoms with Crippen molar-refractivity contribution in [2.45, 2.75) is 31.7 Å². The summed E-state index contributed by atoms with van der Waals surface area (Å²) in [4.78, 5) is 26.4. The maximum atomic E-state index is 11.9. The standard InChI is InChI=1S/C12H20N2O3/c1-13-6-5-10(12(13)17)14-7-4-9(8-14)2-3-11(15)16/h9-10H,2-8H2,1H3,(H,15,16). The third-order valence-electron chi connectivity index (χ3n) is 3.92. The Kier molecular flexibility index (Phi) is 3.66. The summed E-state index contributed by atoms with van der Waals surface area (Å²) in [5.41, 5.74) is 0. The molecule has 2 saturated heterocycles. The number of likely N-dealkylation sites (tertiary alicyclic amines) is 2. The molecule has 0 aromatic heterocycles. The van der Waals surface area contributed by atoms with Crippen LogP contribution in [0, 0.1) is 5.92 Å². The number of nitrogens with zero attached hydrogens (tertiary/aromatic N) is 2. The Morgan fingerprint density at radius 3 is 2.76 bits per heavy atom. The van der Waals surface area contributed by atoms with Gasteiger partial charge >= 0.3 is 5.97 Å². The molecule has 1 amide bonds. The molecule has 2 rings (SSSR count). The largest absolute Gasteiger partial charge is 0.481 e. The van der Waals surface area contributed by atoms with Gasteiger partial charge in [-0.05, 0) is 31.7 Å². The molecule has 5 nitrogen and oxygen atoms in total. The van der Waals surface area contributed by atoms with Crippen LogP contribution in [0.2, 0.25) is 0 Å². The number of hydrogen-bond donors (Lipinski definition) is 1. The molecule has 1 N–H and O–H groups in total. The van der Waals surface area contributed by atoms with Gasteiger partial charge in [0.1, 0.15) is 0 Å². The highest BCUT2D eigenvalue weighted by Crippen LogP contribution is 2.26. The second-order valence-electron chi connectivity index (χ2n) is 5.15. The topological polar surface area (TPSA) is 60.9 Å². The number of rotatable bonds is 4. The van der Waals surface area contributed by atoms with Crippen LogP contribution in [0.25, 0.3) is 0 Å². The van der Waals surface area contributed by atoms with E-state index in [-0.39, 0.29) is 18.4 Å². The maximum absolute atomic E-state index is 11.9. The number of carbonyl (C=O) groups excluding carboxylic acids is 1. The second kappa shape index (κ2) is 5.04. The van der Waals surface area contributed by atoms with Crippen LogP contribution in [0.1, 0.15) is 25.7 Å². The van der Waals surface area contributed by atoms with E-state index in [1.165, 1.54) is 0 Å². The first-order valence-corrected chi connectivity index (χ1v) is 6.28. The van der Waals surface area contributed by atoms with E-state index in [9.17, 15) is 9.59 Å². The summed E-state index contributed by atoms with van der Waals surface area (Å²) >= 11 is 0. The van der Waals surface area contributed by atoms with Gasteiger partial charge in [0, 0.05) is 26.6 Å². The highest BCUT2D eigenvalue weighted by atomic mass is 16.4. The molecule has 17 heavy (non-hydrogen) atoms. The number of carbonyl (C=O) groups is 2. The highest BCUT2D eigenvalue weighted by molar-refractivity contribution is 5.83. The Balaban J connectivity index is 1.81. The normalized spacial score (nSPS) is 30.2. The maximum Gasteiger partial charge on any atom is 0.303 e. The molecule has 2 fully saturated rings. The Morgan fingerprint density at radius 2 is 2.18 bits per heavy atom. The van der Waals surface area contributed by atoms with E-state index in [0.29, 0.717) is 5.92 Å². The van der Waals surface area contributed by atoms with Gasteiger partial charge in [-0.1, -0.05) is 0 Å². The fourth-order valence-corrected chi connectivity index (χ4v) is 2.85. The molecule has 0 bridgehead atoms. The molecule has 0 saturated carbocycles. The molecule has 0 aromatic rings. The molecule has 2 aliphatic heterocycles. The predicted octanol–water partition coefficient (Wildman–Crippen LogP) is 0.404. The number of carboxylic acids is 1. The van der Waals surface area contributed by atoms with E-state index >= 15 is 0 Å². The summed E-state index contributed by atoms with van der Waals surface area (Å²) in [5, 5.41) is 8.65. The number of carboxylic acid groups (broad SMARTS) is 1. The first-order valence-electron chi connectivity index (χ1n) is 6.28. The van der Waals surface area contributed by atoms with E-state index in [1.54, 1.807) is 4.90 Å². The van der Waals surface area contributed by atoms with Crippen molar-refractivity contribution in [2.75, 3.05) is 26.7 Å². The molecule has 0 spiro atoms. The van der Waals surface area contributed by atoms with Gasteiger partial charge in [-0.2, -0.15) is 0 Å². The summed E-state index contributed by atoms with van der Waals surface area (Å²) < 4.78 is 0. The molecule has 5 heteroatoms. The molecule has 2 atom stereocenters. The minimum Gasteiger partial charge on any atom is -0.481 e. The average molecular weight is 240 g/mol. The van der Waals surface area contributed by atoms with Crippen LogP contribution in [0.5, 0.6) is 0 Å². The van der Waals surface area contributed by atoms with E-state index < -0.39 is 5.97 Å². The van der Waals surface area contributed by atoms with Crippen LogP contribution >= 0.6 is 0 Å². The smallest absolute Gasteiger partial charge is 0.303 e. The minimum atomic E-state index is -0.722. The van der Waals surface area contributed by atoms with Crippen LogP contribution in [0.3, 0.4) is 0 Å². The lowest BCUT2D eigenvalue weighted by Gasteiger charge is -2.22. The lowest BCUT2D eigenvalue weighted by atomic mass is 10.0. The number of aliphatic carboxylic acids is 1. The highest BCUT2D eigenvalue weighted by Gasteiger charge is 2.37. The second-order valence-corrected chi connectivity index (χ2v) is 5.15. The molecular weight excluding hydrogens is 220 g/mol. The van der Waals surface area contributed by atoms with E-state index in [4.69, 9.17) is 5.11 Å². The summed E-state index contributed by atoms with van der Waals surface area (Å²) in [6, 6.07) is 0.0508. The van der Waals surface area contributed by atoms with Gasteiger partial charge in [-0.15, -0.1) is 0 Å². The van der Waals surface area contributed by atoms with Crippen LogP contribution < -0.4 is 0 Å². The van der Waals surface area contributed by atoms with Crippen LogP contribution in [0.15, 0.2) is 0 Å². The lowest BCUT2D eigenvalue weighted by Crippen LogP contribution is -2.39. The van der Waals surface area contributed by atoms with Crippen molar-refractivity contribution in [1.29, 1.82) is 0 Å². The zero-order chi connectivity index (χ0) is 12.4.